The fourth-order valence-corrected chi connectivity index (χ4v) is 1.97. The Balaban J connectivity index is 4.21. The number of nitriles is 1. The summed E-state index contributed by atoms with van der Waals surface area (Å²) in [6.45, 7) is 10.2. The number of nitrogens with zero attached hydrogens (tertiary/aromatic N) is 3. The van der Waals surface area contributed by atoms with Crippen LogP contribution < -0.4 is 5.32 Å². The van der Waals surface area contributed by atoms with Crippen molar-refractivity contribution in [2.75, 3.05) is 40.3 Å². The van der Waals surface area contributed by atoms with Crippen LogP contribution in [0.25, 0.3) is 0 Å². The van der Waals surface area contributed by atoms with Gasteiger partial charge in [0.25, 0.3) is 0 Å². The summed E-state index contributed by atoms with van der Waals surface area (Å²) in [6, 6.07) is 2.77. The van der Waals surface area contributed by atoms with E-state index in [1.807, 2.05) is 0 Å². The second kappa shape index (κ2) is 9.41. The van der Waals surface area contributed by atoms with Gasteiger partial charge in [-0.05, 0) is 40.5 Å². The van der Waals surface area contributed by atoms with Crippen LogP contribution in [0.4, 0.5) is 0 Å². The lowest BCUT2D eigenvalue weighted by molar-refractivity contribution is 0.173. The van der Waals surface area contributed by atoms with E-state index < -0.39 is 0 Å². The molecule has 0 aliphatic heterocycles. The van der Waals surface area contributed by atoms with Crippen LogP contribution >= 0.6 is 0 Å². The lowest BCUT2D eigenvalue weighted by atomic mass is 10.2. The van der Waals surface area contributed by atoms with Crippen molar-refractivity contribution in [2.45, 2.75) is 39.3 Å². The molecule has 0 bridgehead atoms. The number of hydrogen-bond acceptors (Lipinski definition) is 4. The Morgan fingerprint density at radius 1 is 1.24 bits per heavy atom. The lowest BCUT2D eigenvalue weighted by Crippen LogP contribution is -2.47. The largest absolute Gasteiger partial charge is 0.308 e. The highest BCUT2D eigenvalue weighted by Gasteiger charge is 2.17. The first-order valence-electron chi connectivity index (χ1n) is 6.56. The van der Waals surface area contributed by atoms with Crippen molar-refractivity contribution in [3.63, 3.8) is 0 Å². The summed E-state index contributed by atoms with van der Waals surface area (Å²) in [4.78, 5) is 4.55. The molecule has 0 aromatic carbocycles. The van der Waals surface area contributed by atoms with E-state index in [2.05, 4.69) is 56.1 Å². The maximum atomic E-state index is 9.11. The van der Waals surface area contributed by atoms with Gasteiger partial charge in [0.05, 0.1) is 6.07 Å². The van der Waals surface area contributed by atoms with Crippen LogP contribution in [-0.4, -0.2) is 62.2 Å². The van der Waals surface area contributed by atoms with Gasteiger partial charge < -0.3 is 10.2 Å². The molecule has 4 heteroatoms. The van der Waals surface area contributed by atoms with Crippen LogP contribution in [0.15, 0.2) is 0 Å². The second-order valence-electron chi connectivity index (χ2n) is 4.83. The van der Waals surface area contributed by atoms with E-state index in [9.17, 15) is 0 Å². The number of nitrogens with one attached hydrogen (secondary N) is 1. The first kappa shape index (κ1) is 16.4. The molecule has 0 aliphatic carbocycles. The molecule has 0 aliphatic rings. The minimum absolute atomic E-state index is 0.0560. The van der Waals surface area contributed by atoms with Crippen LogP contribution in [0.3, 0.4) is 0 Å². The smallest absolute Gasteiger partial charge is 0.108 e. The van der Waals surface area contributed by atoms with Crippen LogP contribution in [0.5, 0.6) is 0 Å². The number of likely N-dealkylation sites (N-methyl/N-ethyl adjacent to an activating group) is 2. The summed E-state index contributed by atoms with van der Waals surface area (Å²) in [5.74, 6) is 0. The normalized spacial score (nSPS) is 14.9. The van der Waals surface area contributed by atoms with Crippen molar-refractivity contribution in [1.29, 1.82) is 5.26 Å². The molecule has 0 rings (SSSR count). The molecule has 2 unspecified atom stereocenters. The van der Waals surface area contributed by atoms with Gasteiger partial charge in [0.2, 0.25) is 0 Å². The summed E-state index contributed by atoms with van der Waals surface area (Å²) in [5, 5.41) is 12.4. The quantitative estimate of drug-likeness (QED) is 0.656. The van der Waals surface area contributed by atoms with Gasteiger partial charge in [-0.3, -0.25) is 4.90 Å². The summed E-state index contributed by atoms with van der Waals surface area (Å²) in [5.41, 5.74) is 0. The molecule has 0 radical (unpaired) electrons. The van der Waals surface area contributed by atoms with Gasteiger partial charge in [0.1, 0.15) is 6.04 Å². The Kier molecular flexibility index (Phi) is 9.06. The van der Waals surface area contributed by atoms with Crippen LogP contribution in [0, 0.1) is 11.3 Å². The van der Waals surface area contributed by atoms with Gasteiger partial charge in [0, 0.05) is 19.1 Å². The molecule has 100 valence electrons. The molecular formula is C13H28N4. The van der Waals surface area contributed by atoms with E-state index in [1.165, 1.54) is 0 Å². The lowest BCUT2D eigenvalue weighted by Gasteiger charge is -2.31. The van der Waals surface area contributed by atoms with E-state index in [1.54, 1.807) is 0 Å². The summed E-state index contributed by atoms with van der Waals surface area (Å²) < 4.78 is 0. The Morgan fingerprint density at radius 2 is 1.88 bits per heavy atom. The van der Waals surface area contributed by atoms with Gasteiger partial charge in [0.15, 0.2) is 0 Å². The zero-order valence-electron chi connectivity index (χ0n) is 12.0. The standard InChI is InChI=1S/C13H28N4/c1-6-8-15-13(9-14)11-17(7-2)12(3)10-16(4)5/h12-13,15H,6-8,10-11H2,1-5H3. The predicted octanol–water partition coefficient (Wildman–Crippen LogP) is 1.15. The van der Waals surface area contributed by atoms with E-state index in [0.29, 0.717) is 6.04 Å². The maximum Gasteiger partial charge on any atom is 0.108 e. The number of rotatable bonds is 9. The molecule has 1 N–H and O–H groups in total. The fourth-order valence-electron chi connectivity index (χ4n) is 1.97. The summed E-state index contributed by atoms with van der Waals surface area (Å²) in [6.07, 6.45) is 1.07. The molecule has 0 spiro atoms. The minimum Gasteiger partial charge on any atom is -0.308 e. The zero-order valence-corrected chi connectivity index (χ0v) is 12.0. The first-order valence-corrected chi connectivity index (χ1v) is 6.56. The molecule has 4 nitrogen and oxygen atoms in total. The van der Waals surface area contributed by atoms with Crippen LogP contribution in [-0.2, 0) is 0 Å². The Bertz CT molecular complexity index is 222. The van der Waals surface area contributed by atoms with Crippen molar-refractivity contribution in [3.8, 4) is 6.07 Å². The molecular weight excluding hydrogens is 212 g/mol. The van der Waals surface area contributed by atoms with Crippen molar-refractivity contribution in [1.82, 2.24) is 15.1 Å². The molecule has 0 aromatic heterocycles. The highest BCUT2D eigenvalue weighted by atomic mass is 15.2. The average molecular weight is 240 g/mol. The fraction of sp³-hybridized carbons (Fsp3) is 0.923. The third kappa shape index (κ3) is 7.32. The monoisotopic (exact) mass is 240 g/mol. The number of hydrogen-bond donors (Lipinski definition) is 1. The molecule has 0 heterocycles. The first-order chi connectivity index (χ1) is 8.04. The highest BCUT2D eigenvalue weighted by molar-refractivity contribution is 4.92. The molecule has 0 saturated heterocycles. The molecule has 0 aromatic rings. The van der Waals surface area contributed by atoms with Crippen LogP contribution in [0.1, 0.15) is 27.2 Å². The van der Waals surface area contributed by atoms with Gasteiger partial charge in [-0.25, -0.2) is 0 Å². The molecule has 17 heavy (non-hydrogen) atoms. The van der Waals surface area contributed by atoms with Gasteiger partial charge in [-0.15, -0.1) is 0 Å². The SMILES string of the molecule is CCCNC(C#N)CN(CC)C(C)CN(C)C. The predicted molar refractivity (Wildman–Crippen MR) is 73.0 cm³/mol. The third-order valence-electron chi connectivity index (χ3n) is 2.87. The minimum atomic E-state index is -0.0560. The maximum absolute atomic E-state index is 9.11. The van der Waals surface area contributed by atoms with Crippen molar-refractivity contribution < 1.29 is 0 Å². The highest BCUT2D eigenvalue weighted by Crippen LogP contribution is 2.02. The molecule has 2 atom stereocenters. The van der Waals surface area contributed by atoms with Crippen molar-refractivity contribution >= 4 is 0 Å². The van der Waals surface area contributed by atoms with E-state index in [4.69, 9.17) is 5.26 Å². The molecule has 0 fully saturated rings. The molecule has 0 saturated carbocycles. The van der Waals surface area contributed by atoms with Gasteiger partial charge in [-0.1, -0.05) is 13.8 Å². The topological polar surface area (TPSA) is 42.3 Å². The van der Waals surface area contributed by atoms with Crippen LogP contribution in [0.2, 0.25) is 0 Å². The van der Waals surface area contributed by atoms with Crippen molar-refractivity contribution in [3.05, 3.63) is 0 Å². The molecule has 0 amide bonds. The van der Waals surface area contributed by atoms with Gasteiger partial charge in [-0.2, -0.15) is 5.26 Å². The van der Waals surface area contributed by atoms with Crippen molar-refractivity contribution in [2.24, 2.45) is 0 Å². The average Bonchev–Trinajstić information content (AvgIpc) is 2.28. The summed E-state index contributed by atoms with van der Waals surface area (Å²) >= 11 is 0. The Labute approximate surface area is 107 Å². The Hall–Kier alpha value is -0.630. The van der Waals surface area contributed by atoms with E-state index in [-0.39, 0.29) is 6.04 Å². The summed E-state index contributed by atoms with van der Waals surface area (Å²) in [7, 11) is 4.17. The van der Waals surface area contributed by atoms with E-state index >= 15 is 0 Å². The zero-order chi connectivity index (χ0) is 13.3. The van der Waals surface area contributed by atoms with Gasteiger partial charge >= 0.3 is 0 Å². The van der Waals surface area contributed by atoms with E-state index in [0.717, 1.165) is 32.6 Å². The second-order valence-corrected chi connectivity index (χ2v) is 4.83. The third-order valence-corrected chi connectivity index (χ3v) is 2.87. The Morgan fingerprint density at radius 3 is 2.29 bits per heavy atom.